The van der Waals surface area contributed by atoms with E-state index >= 15 is 0 Å². The van der Waals surface area contributed by atoms with Gasteiger partial charge in [0, 0.05) is 0 Å². The van der Waals surface area contributed by atoms with E-state index in [1.807, 2.05) is 0 Å². The van der Waals surface area contributed by atoms with E-state index in [1.54, 1.807) is 0 Å². The van der Waals surface area contributed by atoms with Crippen molar-refractivity contribution in [1.29, 1.82) is 0 Å². The second kappa shape index (κ2) is 2.17. The third kappa shape index (κ3) is 5.76. The SMILES string of the molecule is O=S(=O)(F)ONO. The van der Waals surface area contributed by atoms with Crippen LogP contribution < -0.4 is 5.64 Å². The Hall–Kier alpha value is -0.240. The molecule has 0 aliphatic heterocycles. The van der Waals surface area contributed by atoms with Gasteiger partial charge in [0.2, 0.25) is 0 Å². The van der Waals surface area contributed by atoms with Gasteiger partial charge in [0.15, 0.2) is 0 Å². The molecule has 0 atom stereocenters. The number of rotatable bonds is 2. The molecule has 0 aromatic carbocycles. The molecule has 7 heavy (non-hydrogen) atoms. The van der Waals surface area contributed by atoms with Gasteiger partial charge in [-0.1, -0.05) is 9.53 Å². The van der Waals surface area contributed by atoms with E-state index in [0.29, 0.717) is 5.64 Å². The van der Waals surface area contributed by atoms with Crippen LogP contribution in [0.1, 0.15) is 0 Å². The topological polar surface area (TPSA) is 75.6 Å². The van der Waals surface area contributed by atoms with Crippen LogP contribution in [0.4, 0.5) is 3.89 Å². The molecule has 0 fully saturated rings. The first-order chi connectivity index (χ1) is 3.06. The average molecular weight is 131 g/mol. The molecule has 2 N–H and O–H groups in total. The van der Waals surface area contributed by atoms with Gasteiger partial charge in [-0.25, -0.2) is 0 Å². The Morgan fingerprint density at radius 3 is 2.14 bits per heavy atom. The minimum Gasteiger partial charge on any atom is -0.291 e. The van der Waals surface area contributed by atoms with Crippen molar-refractivity contribution in [2.75, 3.05) is 0 Å². The van der Waals surface area contributed by atoms with E-state index in [-0.39, 0.29) is 0 Å². The molecule has 0 unspecified atom stereocenters. The zero-order valence-corrected chi connectivity index (χ0v) is 3.77. The Labute approximate surface area is 39.0 Å². The van der Waals surface area contributed by atoms with Crippen molar-refractivity contribution in [2.24, 2.45) is 0 Å². The molecular weight excluding hydrogens is 129 g/mol. The van der Waals surface area contributed by atoms with Crippen LogP contribution in [0.5, 0.6) is 0 Å². The van der Waals surface area contributed by atoms with E-state index in [2.05, 4.69) is 4.28 Å². The van der Waals surface area contributed by atoms with Crippen LogP contribution in [0.3, 0.4) is 0 Å². The van der Waals surface area contributed by atoms with Crippen molar-refractivity contribution >= 4 is 10.5 Å². The number of hydrogen-bond acceptors (Lipinski definition) is 5. The minimum absolute atomic E-state index is 0.645. The van der Waals surface area contributed by atoms with Gasteiger partial charge in [0.1, 0.15) is 0 Å². The molecule has 0 aromatic heterocycles. The lowest BCUT2D eigenvalue weighted by molar-refractivity contribution is -0.0423. The summed E-state index contributed by atoms with van der Waals surface area (Å²) in [5.41, 5.74) is 0.645. The van der Waals surface area contributed by atoms with Gasteiger partial charge in [-0.15, -0.1) is 4.28 Å². The molecule has 0 radical (unpaired) electrons. The van der Waals surface area contributed by atoms with E-state index < -0.39 is 10.5 Å². The summed E-state index contributed by atoms with van der Waals surface area (Å²) in [5.74, 6) is 0. The highest BCUT2D eigenvalue weighted by Crippen LogP contribution is 1.85. The molecule has 0 spiro atoms. The number of nitrogens with one attached hydrogen (secondary N) is 1. The van der Waals surface area contributed by atoms with Crippen LogP contribution in [0.2, 0.25) is 0 Å². The number of halogens is 1. The third-order valence-corrected chi connectivity index (χ3v) is 0.410. The maximum atomic E-state index is 10.9. The third-order valence-electron chi connectivity index (χ3n) is 0.137. The summed E-state index contributed by atoms with van der Waals surface area (Å²) in [6.07, 6.45) is 0. The van der Waals surface area contributed by atoms with E-state index in [9.17, 15) is 3.89 Å². The lowest BCUT2D eigenvalue weighted by Crippen LogP contribution is -2.11. The van der Waals surface area contributed by atoms with Gasteiger partial charge < -0.3 is 0 Å². The highest BCUT2D eigenvalue weighted by Gasteiger charge is 2.03. The summed E-state index contributed by atoms with van der Waals surface area (Å²) in [4.78, 5) is 0. The monoisotopic (exact) mass is 131 g/mol. The van der Waals surface area contributed by atoms with Crippen LogP contribution in [0, 0.1) is 0 Å². The standard InChI is InChI=1S/FH2NO4S/c1-7(4,5)6-2-3/h2-3H. The fourth-order valence-electron chi connectivity index (χ4n) is 0.0445. The van der Waals surface area contributed by atoms with Gasteiger partial charge in [-0.05, 0) is 0 Å². The molecular formula is H2FNO4S. The highest BCUT2D eigenvalue weighted by atomic mass is 32.3. The highest BCUT2D eigenvalue weighted by molar-refractivity contribution is 7.81. The molecule has 0 aliphatic rings. The Bertz CT molecular complexity index is 125. The first kappa shape index (κ1) is 6.76. The zero-order chi connectivity index (χ0) is 5.91. The Morgan fingerprint density at radius 1 is 1.71 bits per heavy atom. The van der Waals surface area contributed by atoms with E-state index in [1.165, 1.54) is 0 Å². The van der Waals surface area contributed by atoms with Crippen molar-refractivity contribution in [3.63, 3.8) is 0 Å². The molecule has 0 saturated carbocycles. The van der Waals surface area contributed by atoms with Gasteiger partial charge in [-0.3, -0.25) is 5.21 Å². The van der Waals surface area contributed by atoms with Crippen LogP contribution in [0.25, 0.3) is 0 Å². The lowest BCUT2D eigenvalue weighted by atomic mass is 13.3. The molecule has 0 bridgehead atoms. The quantitative estimate of drug-likeness (QED) is 0.375. The molecule has 0 heterocycles. The zero-order valence-electron chi connectivity index (χ0n) is 2.96. The maximum absolute atomic E-state index is 10.9. The summed E-state index contributed by atoms with van der Waals surface area (Å²) in [6.45, 7) is 0. The predicted octanol–water partition coefficient (Wildman–Crippen LogP) is -0.889. The second-order valence-electron chi connectivity index (χ2n) is 0.568. The van der Waals surface area contributed by atoms with E-state index in [0.717, 1.165) is 0 Å². The van der Waals surface area contributed by atoms with Crippen molar-refractivity contribution in [3.05, 3.63) is 0 Å². The molecule has 0 amide bonds. The van der Waals surface area contributed by atoms with E-state index in [4.69, 9.17) is 13.6 Å². The summed E-state index contributed by atoms with van der Waals surface area (Å²) >= 11 is 0. The van der Waals surface area contributed by atoms with Crippen LogP contribution >= 0.6 is 0 Å². The lowest BCUT2D eigenvalue weighted by Gasteiger charge is -1.86. The summed E-state index contributed by atoms with van der Waals surface area (Å²) < 4.78 is 32.0. The van der Waals surface area contributed by atoms with Gasteiger partial charge in [0.25, 0.3) is 0 Å². The molecule has 0 saturated heterocycles. The fraction of sp³-hybridized carbons (Fsp3) is 0. The largest absolute Gasteiger partial charge is 0.455 e. The second-order valence-corrected chi connectivity index (χ2v) is 1.52. The van der Waals surface area contributed by atoms with Crippen LogP contribution in [-0.2, 0) is 14.8 Å². The van der Waals surface area contributed by atoms with Crippen molar-refractivity contribution in [2.45, 2.75) is 0 Å². The maximum Gasteiger partial charge on any atom is 0.455 e. The predicted molar refractivity (Wildman–Crippen MR) is 16.0 cm³/mol. The first-order valence-corrected chi connectivity index (χ1v) is 2.39. The minimum atomic E-state index is -5.04. The normalized spacial score (nSPS) is 11.7. The van der Waals surface area contributed by atoms with Gasteiger partial charge in [-0.2, -0.15) is 8.42 Å². The molecule has 0 rings (SSSR count). The van der Waals surface area contributed by atoms with Crippen molar-refractivity contribution < 1.29 is 21.8 Å². The molecule has 0 aromatic rings. The average Bonchev–Trinajstić information content (AvgIpc) is 1.30. The molecule has 44 valence electrons. The van der Waals surface area contributed by atoms with Crippen LogP contribution in [-0.4, -0.2) is 13.6 Å². The summed E-state index contributed by atoms with van der Waals surface area (Å²) in [7, 11) is -5.04. The van der Waals surface area contributed by atoms with Gasteiger partial charge in [0.05, 0.1) is 0 Å². The Morgan fingerprint density at radius 2 is 2.14 bits per heavy atom. The summed E-state index contributed by atoms with van der Waals surface area (Å²) in [5, 5.41) is 7.31. The van der Waals surface area contributed by atoms with Crippen molar-refractivity contribution in [3.8, 4) is 0 Å². The van der Waals surface area contributed by atoms with Crippen molar-refractivity contribution in [1.82, 2.24) is 5.64 Å². The molecule has 0 aliphatic carbocycles. The van der Waals surface area contributed by atoms with Crippen LogP contribution in [0.15, 0.2) is 0 Å². The molecule has 7 heteroatoms. The Kier molecular flexibility index (Phi) is 2.09. The summed E-state index contributed by atoms with van der Waals surface area (Å²) in [6, 6.07) is 0. The number of hydrogen-bond donors (Lipinski definition) is 2. The Balaban J connectivity index is 3.60. The smallest absolute Gasteiger partial charge is 0.291 e. The first-order valence-electron chi connectivity index (χ1n) is 1.08. The van der Waals surface area contributed by atoms with Gasteiger partial charge >= 0.3 is 10.5 Å². The molecule has 5 nitrogen and oxygen atoms in total. The fourth-order valence-corrected chi connectivity index (χ4v) is 0.134.